The molecule has 0 aromatic heterocycles. The lowest BCUT2D eigenvalue weighted by Crippen LogP contribution is -2.29. The molecular weight excluding hydrogens is 1030 g/mol. The minimum absolute atomic E-state index is 0.0371. The Morgan fingerprint density at radius 3 is 0.975 bits per heavy atom. The Bertz CT molecular complexity index is 1930. The highest BCUT2D eigenvalue weighted by atomic mass is 31.2. The lowest BCUT2D eigenvalue weighted by atomic mass is 10.0. The number of ether oxygens (including phenoxy) is 2. The van der Waals surface area contributed by atoms with Gasteiger partial charge in [0.15, 0.2) is 6.10 Å². The van der Waals surface area contributed by atoms with E-state index in [-0.39, 0.29) is 32.6 Å². The molecule has 0 aliphatic carbocycles. The molecule has 0 radical (unpaired) electrons. The van der Waals surface area contributed by atoms with E-state index in [1.54, 1.807) is 0 Å². The van der Waals surface area contributed by atoms with Crippen molar-refractivity contribution in [3.63, 3.8) is 0 Å². The molecule has 456 valence electrons. The van der Waals surface area contributed by atoms with Crippen LogP contribution in [0.2, 0.25) is 0 Å². The van der Waals surface area contributed by atoms with Crippen LogP contribution in [0.5, 0.6) is 0 Å². The number of nitrogens with two attached hydrogens (primary N) is 1. The molecule has 0 rings (SSSR count). The molecule has 0 aliphatic rings. The molecule has 3 N–H and O–H groups in total. The third kappa shape index (κ3) is 64.4. The number of hydrogen-bond acceptors (Lipinski definition) is 8. The Labute approximate surface area is 495 Å². The van der Waals surface area contributed by atoms with Crippen molar-refractivity contribution in [2.24, 2.45) is 5.73 Å². The SMILES string of the molecule is CC/C=C\C/C=C\C/C=C\C/C=C\C/C=C\C/C=C\C/C=C\C/C=C\CCCCC(=O)OC(COC(=O)CCCCCCCCCCCCCCCC/C=C\C/C=C\C/C=C\C/C=C\C/C=C\C/C=C\CC)COP(=O)(O)OCCN. The molecule has 0 fully saturated rings. The number of phosphoric acid groups is 1. The summed E-state index contributed by atoms with van der Waals surface area (Å²) in [6.45, 7) is 3.45. The van der Waals surface area contributed by atoms with Gasteiger partial charge in [-0.1, -0.05) is 261 Å². The maximum atomic E-state index is 12.7. The van der Waals surface area contributed by atoms with Crippen LogP contribution in [0.15, 0.2) is 170 Å². The molecule has 2 atom stereocenters. The van der Waals surface area contributed by atoms with E-state index in [2.05, 4.69) is 184 Å². The van der Waals surface area contributed by atoms with Gasteiger partial charge in [0.2, 0.25) is 0 Å². The molecule has 0 spiro atoms. The van der Waals surface area contributed by atoms with E-state index < -0.39 is 32.5 Å². The summed E-state index contributed by atoms with van der Waals surface area (Å²) in [5, 5.41) is 0. The van der Waals surface area contributed by atoms with Crippen LogP contribution in [0.25, 0.3) is 0 Å². The summed E-state index contributed by atoms with van der Waals surface area (Å²) in [6, 6.07) is 0. The van der Waals surface area contributed by atoms with E-state index in [0.29, 0.717) is 6.42 Å². The molecular formula is C71H114NO8P. The van der Waals surface area contributed by atoms with Crippen LogP contribution in [-0.4, -0.2) is 49.3 Å². The fraction of sp³-hybridized carbons (Fsp3) is 0.577. The van der Waals surface area contributed by atoms with E-state index >= 15 is 0 Å². The largest absolute Gasteiger partial charge is 0.472 e. The maximum absolute atomic E-state index is 12.7. The number of allylic oxidation sites excluding steroid dienone is 28. The molecule has 0 aromatic rings. The van der Waals surface area contributed by atoms with Gasteiger partial charge in [0, 0.05) is 19.4 Å². The van der Waals surface area contributed by atoms with Crippen LogP contribution in [0, 0.1) is 0 Å². The standard InChI is InChI=1S/C71H114NO8P/c1-3-5-7-9-11-13-15-17-19-21-23-25-27-29-31-32-33-34-35-36-38-39-41-43-45-47-49-51-53-55-57-59-61-63-70(73)77-67-69(68-79-81(75,76)78-66-65-72)80-71(74)64-62-60-58-56-54-52-50-48-46-44-42-40-37-30-28-26-24-22-20-18-16-14-12-10-8-6-4-2/h5-8,11-14,17-20,23-26,29-31,33-34,37,42,44,48,50,54,56,69H,3-4,9-10,15-16,21-22,27-28,32,35-36,38-41,43,45-47,49,51-53,55,57-68,72H2,1-2H3,(H,75,76)/b7-5-,8-6-,13-11-,14-12-,19-17-,20-18-,25-23-,26-24-,31-29-,34-33-,37-30-,44-42-,50-48-,56-54-. The molecule has 2 unspecified atom stereocenters. The molecule has 0 heterocycles. The van der Waals surface area contributed by atoms with Crippen molar-refractivity contribution in [2.45, 2.75) is 238 Å². The van der Waals surface area contributed by atoms with Crippen LogP contribution < -0.4 is 5.73 Å². The second-order valence-electron chi connectivity index (χ2n) is 20.2. The number of phosphoric ester groups is 1. The third-order valence-electron chi connectivity index (χ3n) is 12.6. The Balaban J connectivity index is 4.05. The van der Waals surface area contributed by atoms with Crippen molar-refractivity contribution in [3.8, 4) is 0 Å². The van der Waals surface area contributed by atoms with E-state index in [1.165, 1.54) is 70.6 Å². The third-order valence-corrected chi connectivity index (χ3v) is 13.6. The highest BCUT2D eigenvalue weighted by Crippen LogP contribution is 2.43. The van der Waals surface area contributed by atoms with Gasteiger partial charge in [0.1, 0.15) is 6.61 Å². The summed E-state index contributed by atoms with van der Waals surface area (Å²) in [5.74, 6) is -0.890. The number of rotatable bonds is 57. The summed E-state index contributed by atoms with van der Waals surface area (Å²) < 4.78 is 33.0. The van der Waals surface area contributed by atoms with E-state index in [9.17, 15) is 19.0 Å². The molecule has 0 aromatic carbocycles. The van der Waals surface area contributed by atoms with Crippen LogP contribution in [0.3, 0.4) is 0 Å². The zero-order chi connectivity index (χ0) is 58.7. The summed E-state index contributed by atoms with van der Waals surface area (Å²) in [6.07, 6.45) is 95.6. The van der Waals surface area contributed by atoms with E-state index in [1.807, 2.05) is 0 Å². The highest BCUT2D eigenvalue weighted by molar-refractivity contribution is 7.47. The van der Waals surface area contributed by atoms with Crippen LogP contribution in [-0.2, 0) is 32.7 Å². The van der Waals surface area contributed by atoms with Crippen LogP contribution >= 0.6 is 7.82 Å². The maximum Gasteiger partial charge on any atom is 0.472 e. The van der Waals surface area contributed by atoms with Crippen molar-refractivity contribution in [1.29, 1.82) is 0 Å². The van der Waals surface area contributed by atoms with Gasteiger partial charge in [-0.2, -0.15) is 0 Å². The Morgan fingerprint density at radius 2 is 0.642 bits per heavy atom. The normalized spacial score (nSPS) is 14.2. The average molecular weight is 1140 g/mol. The van der Waals surface area contributed by atoms with Crippen molar-refractivity contribution in [3.05, 3.63) is 170 Å². The van der Waals surface area contributed by atoms with E-state index in [4.69, 9.17) is 24.3 Å². The predicted molar refractivity (Wildman–Crippen MR) is 348 cm³/mol. The first-order chi connectivity index (χ1) is 39.8. The summed E-state index contributed by atoms with van der Waals surface area (Å²) in [7, 11) is -4.42. The number of carbonyl (C=O) groups is 2. The molecule has 0 aliphatic heterocycles. The fourth-order valence-electron chi connectivity index (χ4n) is 8.01. The number of carbonyl (C=O) groups excluding carboxylic acids is 2. The van der Waals surface area contributed by atoms with Gasteiger partial charge in [-0.05, 0) is 128 Å². The minimum atomic E-state index is -4.42. The monoisotopic (exact) mass is 1140 g/mol. The van der Waals surface area contributed by atoms with Gasteiger partial charge < -0.3 is 20.1 Å². The summed E-state index contributed by atoms with van der Waals surface area (Å²) >= 11 is 0. The second kappa shape index (κ2) is 64.5. The lowest BCUT2D eigenvalue weighted by Gasteiger charge is -2.19. The number of esters is 2. The smallest absolute Gasteiger partial charge is 0.462 e. The van der Waals surface area contributed by atoms with Crippen LogP contribution in [0.4, 0.5) is 0 Å². The minimum Gasteiger partial charge on any atom is -0.462 e. The Morgan fingerprint density at radius 1 is 0.370 bits per heavy atom. The molecule has 0 saturated carbocycles. The van der Waals surface area contributed by atoms with E-state index in [0.717, 1.165) is 128 Å². The van der Waals surface area contributed by atoms with Crippen molar-refractivity contribution >= 4 is 19.8 Å². The van der Waals surface area contributed by atoms with Gasteiger partial charge in [-0.25, -0.2) is 4.57 Å². The molecule has 81 heavy (non-hydrogen) atoms. The van der Waals surface area contributed by atoms with Gasteiger partial charge in [0.25, 0.3) is 0 Å². The topological polar surface area (TPSA) is 134 Å². The quantitative estimate of drug-likeness (QED) is 0.0264. The van der Waals surface area contributed by atoms with Crippen molar-refractivity contribution < 1.29 is 37.6 Å². The zero-order valence-electron chi connectivity index (χ0n) is 50.9. The predicted octanol–water partition coefficient (Wildman–Crippen LogP) is 20.6. The molecule has 9 nitrogen and oxygen atoms in total. The molecule has 0 amide bonds. The first-order valence-corrected chi connectivity index (χ1v) is 33.1. The van der Waals surface area contributed by atoms with Crippen molar-refractivity contribution in [1.82, 2.24) is 0 Å². The summed E-state index contributed by atoms with van der Waals surface area (Å²) in [4.78, 5) is 35.3. The number of unbranched alkanes of at least 4 members (excludes halogenated alkanes) is 16. The second-order valence-corrected chi connectivity index (χ2v) is 21.6. The fourth-order valence-corrected chi connectivity index (χ4v) is 8.77. The highest BCUT2D eigenvalue weighted by Gasteiger charge is 2.26. The average Bonchev–Trinajstić information content (AvgIpc) is 3.46. The van der Waals surface area contributed by atoms with Gasteiger partial charge in [-0.3, -0.25) is 18.6 Å². The van der Waals surface area contributed by atoms with Gasteiger partial charge in [0.05, 0.1) is 13.2 Å². The van der Waals surface area contributed by atoms with Gasteiger partial charge in [-0.15, -0.1) is 0 Å². The zero-order valence-corrected chi connectivity index (χ0v) is 51.8. The summed E-state index contributed by atoms with van der Waals surface area (Å²) in [5.41, 5.74) is 5.39. The van der Waals surface area contributed by atoms with Crippen molar-refractivity contribution in [2.75, 3.05) is 26.4 Å². The van der Waals surface area contributed by atoms with Gasteiger partial charge >= 0.3 is 19.8 Å². The first kappa shape index (κ1) is 76.4. The Hall–Kier alpha value is -4.63. The molecule has 10 heteroatoms. The number of hydrogen-bond donors (Lipinski definition) is 2. The lowest BCUT2D eigenvalue weighted by molar-refractivity contribution is -0.161. The van der Waals surface area contributed by atoms with Crippen LogP contribution in [0.1, 0.15) is 232 Å². The first-order valence-electron chi connectivity index (χ1n) is 31.6. The Kier molecular flexibility index (Phi) is 60.8. The molecule has 0 bridgehead atoms. The molecule has 0 saturated heterocycles.